The van der Waals surface area contributed by atoms with Crippen molar-refractivity contribution >= 4 is 39.2 Å². The molecule has 1 aromatic heterocycles. The molecule has 0 amide bonds. The van der Waals surface area contributed by atoms with Gasteiger partial charge < -0.3 is 24.1 Å². The minimum absolute atomic E-state index is 0.359. The average molecular weight is 383 g/mol. The zero-order valence-electron chi connectivity index (χ0n) is 14.5. The number of pyridine rings is 1. The summed E-state index contributed by atoms with van der Waals surface area (Å²) in [5, 5.41) is 13.3. The Balaban J connectivity index is 2.06. The van der Waals surface area contributed by atoms with Crippen LogP contribution in [0.15, 0.2) is 42.6 Å². The highest BCUT2D eigenvalue weighted by Gasteiger charge is 2.14. The summed E-state index contributed by atoms with van der Waals surface area (Å²) in [4.78, 5) is 4.31. The van der Waals surface area contributed by atoms with Gasteiger partial charge in [0, 0.05) is 40.3 Å². The van der Waals surface area contributed by atoms with Crippen molar-refractivity contribution in [3.05, 3.63) is 48.2 Å². The molecule has 1 unspecified atom stereocenters. The van der Waals surface area contributed by atoms with Gasteiger partial charge in [-0.3, -0.25) is 9.19 Å². The number of nitrogens with one attached hydrogen (secondary N) is 2. The van der Waals surface area contributed by atoms with Gasteiger partial charge in [-0.25, -0.2) is 0 Å². The number of nitriles is 1. The van der Waals surface area contributed by atoms with Crippen LogP contribution < -0.4 is 19.5 Å². The second-order valence-corrected chi connectivity index (χ2v) is 6.10. The smallest absolute Gasteiger partial charge is 0.162 e. The second-order valence-electron chi connectivity index (χ2n) is 5.42. The van der Waals surface area contributed by atoms with Crippen molar-refractivity contribution in [2.45, 2.75) is 0 Å². The molecule has 0 fully saturated rings. The van der Waals surface area contributed by atoms with Gasteiger partial charge in [0.1, 0.15) is 6.07 Å². The topological polar surface area (TPSA) is 119 Å². The molecule has 0 saturated carbocycles. The average Bonchev–Trinajstić information content (AvgIpc) is 2.68. The van der Waals surface area contributed by atoms with Crippen LogP contribution in [0.3, 0.4) is 0 Å². The molecular weight excluding hydrogens is 368 g/mol. The van der Waals surface area contributed by atoms with Gasteiger partial charge in [-0.1, -0.05) is 0 Å². The van der Waals surface area contributed by atoms with Gasteiger partial charge in [-0.2, -0.15) is 5.26 Å². The van der Waals surface area contributed by atoms with Gasteiger partial charge in [0.25, 0.3) is 0 Å². The first-order chi connectivity index (χ1) is 13.0. The first-order valence-corrected chi connectivity index (χ1v) is 8.81. The fraction of sp³-hybridized carbons (Fsp3) is 0.111. The number of ether oxygens (including phenoxy) is 2. The maximum atomic E-state index is 10.7. The summed E-state index contributed by atoms with van der Waals surface area (Å²) in [6, 6.07) is 12.2. The zero-order valence-corrected chi connectivity index (χ0v) is 15.3. The third-order valence-electron chi connectivity index (χ3n) is 3.85. The molecule has 138 valence electrons. The van der Waals surface area contributed by atoms with Crippen molar-refractivity contribution < 1.29 is 18.2 Å². The molecule has 0 aliphatic rings. The Morgan fingerprint density at radius 3 is 2.33 bits per heavy atom. The molecule has 0 spiro atoms. The van der Waals surface area contributed by atoms with Gasteiger partial charge >= 0.3 is 0 Å². The lowest BCUT2D eigenvalue weighted by Crippen LogP contribution is -2.02. The lowest BCUT2D eigenvalue weighted by Gasteiger charge is -2.15. The number of nitrogens with zero attached hydrogens (tertiary/aromatic N) is 2. The van der Waals surface area contributed by atoms with E-state index in [2.05, 4.69) is 21.1 Å². The van der Waals surface area contributed by atoms with Crippen LogP contribution in [0, 0.1) is 11.3 Å². The molecule has 0 saturated heterocycles. The van der Waals surface area contributed by atoms with E-state index in [9.17, 15) is 14.0 Å². The summed E-state index contributed by atoms with van der Waals surface area (Å²) in [6.07, 6.45) is 1.48. The highest BCUT2D eigenvalue weighted by Crippen LogP contribution is 2.37. The molecule has 0 radical (unpaired) electrons. The van der Waals surface area contributed by atoms with E-state index in [1.54, 1.807) is 36.4 Å². The molecule has 2 N–H and O–H groups in total. The lowest BCUT2D eigenvalue weighted by molar-refractivity contribution is 0.356. The van der Waals surface area contributed by atoms with Crippen molar-refractivity contribution in [1.29, 1.82) is 5.26 Å². The largest absolute Gasteiger partial charge is 0.755 e. The van der Waals surface area contributed by atoms with Gasteiger partial charge in [0.2, 0.25) is 0 Å². The molecule has 1 heterocycles. The summed E-state index contributed by atoms with van der Waals surface area (Å²) in [5.74, 6) is 1.05. The van der Waals surface area contributed by atoms with E-state index in [4.69, 9.17) is 9.47 Å². The maximum Gasteiger partial charge on any atom is 0.162 e. The fourth-order valence-corrected chi connectivity index (χ4v) is 2.93. The summed E-state index contributed by atoms with van der Waals surface area (Å²) < 4.78 is 34.3. The van der Waals surface area contributed by atoms with Crippen molar-refractivity contribution in [3.8, 4) is 17.6 Å². The molecule has 3 rings (SSSR count). The van der Waals surface area contributed by atoms with E-state index in [0.717, 1.165) is 0 Å². The third kappa shape index (κ3) is 3.92. The van der Waals surface area contributed by atoms with Gasteiger partial charge in [0.15, 0.2) is 11.5 Å². The van der Waals surface area contributed by atoms with E-state index in [-0.39, 0.29) is 0 Å². The molecule has 9 heteroatoms. The summed E-state index contributed by atoms with van der Waals surface area (Å²) in [7, 11) is 3.07. The first-order valence-electron chi connectivity index (χ1n) is 7.73. The molecule has 0 aliphatic heterocycles. The highest BCUT2D eigenvalue weighted by molar-refractivity contribution is 7.80. The molecule has 8 nitrogen and oxygen atoms in total. The third-order valence-corrected chi connectivity index (χ3v) is 4.25. The SMILES string of the molecule is COc1cc2ncc(C#N)c(Nc3ccc(NS(=O)[O-])cc3)c2cc1OC. The van der Waals surface area contributed by atoms with E-state index in [1.807, 2.05) is 0 Å². The number of rotatable bonds is 6. The number of hydrogen-bond donors (Lipinski definition) is 2. The Hall–Kier alpha value is -3.35. The van der Waals surface area contributed by atoms with E-state index in [1.165, 1.54) is 20.4 Å². The van der Waals surface area contributed by atoms with Crippen LogP contribution in [0.4, 0.5) is 17.1 Å². The minimum Gasteiger partial charge on any atom is -0.755 e. The van der Waals surface area contributed by atoms with E-state index < -0.39 is 11.3 Å². The van der Waals surface area contributed by atoms with Crippen LogP contribution in [0.5, 0.6) is 11.5 Å². The number of anilines is 3. The predicted octanol–water partition coefficient (Wildman–Crippen LogP) is 3.07. The zero-order chi connectivity index (χ0) is 19.4. The van der Waals surface area contributed by atoms with Crippen LogP contribution in [0.1, 0.15) is 5.56 Å². The fourth-order valence-electron chi connectivity index (χ4n) is 2.60. The van der Waals surface area contributed by atoms with Crippen molar-refractivity contribution in [1.82, 2.24) is 4.98 Å². The summed E-state index contributed by atoms with van der Waals surface area (Å²) in [6.45, 7) is 0. The maximum absolute atomic E-state index is 10.7. The molecule has 2 aromatic carbocycles. The number of methoxy groups -OCH3 is 2. The second kappa shape index (κ2) is 7.90. The highest BCUT2D eigenvalue weighted by atomic mass is 32.2. The predicted molar refractivity (Wildman–Crippen MR) is 102 cm³/mol. The van der Waals surface area contributed by atoms with Crippen molar-refractivity contribution in [2.75, 3.05) is 24.3 Å². The Bertz CT molecular complexity index is 1050. The number of hydrogen-bond acceptors (Lipinski definition) is 7. The summed E-state index contributed by atoms with van der Waals surface area (Å²) in [5.41, 5.74) is 2.67. The molecular formula is C18H15N4O4S-. The molecule has 1 atom stereocenters. The van der Waals surface area contributed by atoms with Gasteiger partial charge in [0.05, 0.1) is 31.0 Å². The normalized spacial score (nSPS) is 11.5. The molecule has 0 bridgehead atoms. The van der Waals surface area contributed by atoms with E-state index >= 15 is 0 Å². The Kier molecular flexibility index (Phi) is 5.40. The Labute approximate surface area is 158 Å². The quantitative estimate of drug-likeness (QED) is 0.628. The van der Waals surface area contributed by atoms with Gasteiger partial charge in [-0.05, 0) is 30.3 Å². The number of aromatic nitrogens is 1. The molecule has 3 aromatic rings. The van der Waals surface area contributed by atoms with Crippen molar-refractivity contribution in [2.24, 2.45) is 0 Å². The minimum atomic E-state index is -2.39. The first kappa shape index (κ1) is 18.4. The van der Waals surface area contributed by atoms with Crippen molar-refractivity contribution in [3.63, 3.8) is 0 Å². The van der Waals surface area contributed by atoms with Crippen LogP contribution >= 0.6 is 0 Å². The Morgan fingerprint density at radius 2 is 1.74 bits per heavy atom. The summed E-state index contributed by atoms with van der Waals surface area (Å²) >= 11 is -2.39. The van der Waals surface area contributed by atoms with Crippen LogP contribution in [-0.2, 0) is 11.3 Å². The molecule has 0 aliphatic carbocycles. The number of fused-ring (bicyclic) bond motifs is 1. The number of benzene rings is 2. The van der Waals surface area contributed by atoms with Crippen LogP contribution in [0.25, 0.3) is 10.9 Å². The monoisotopic (exact) mass is 383 g/mol. The van der Waals surface area contributed by atoms with Gasteiger partial charge in [-0.15, -0.1) is 0 Å². The molecule has 27 heavy (non-hydrogen) atoms. The lowest BCUT2D eigenvalue weighted by atomic mass is 10.1. The Morgan fingerprint density at radius 1 is 1.11 bits per heavy atom. The van der Waals surface area contributed by atoms with Crippen LogP contribution in [0.2, 0.25) is 0 Å². The standard InChI is InChI=1S/C18H16N4O4S/c1-25-16-7-14-15(8-17(16)26-2)20-10-11(9-19)18(14)21-12-3-5-13(6-4-12)22-27(23)24/h3-8,10,22H,1-2H3,(H,20,21)(H,23,24)/p-1. The van der Waals surface area contributed by atoms with Crippen LogP contribution in [-0.4, -0.2) is 28.0 Å². The van der Waals surface area contributed by atoms with E-state index in [0.29, 0.717) is 45.0 Å².